The molecule has 6 heteroatoms. The number of carbonyl (C=O) groups excluding carboxylic acids is 1. The van der Waals surface area contributed by atoms with E-state index in [1.54, 1.807) is 11.9 Å². The molecule has 2 aliphatic rings. The number of carboxylic acids is 1. The molecule has 0 bridgehead atoms. The Morgan fingerprint density at radius 3 is 2.48 bits per heavy atom. The molecule has 21 heavy (non-hydrogen) atoms. The minimum absolute atomic E-state index is 0.200. The number of aliphatic hydroxyl groups excluding tert-OH is 1. The highest BCUT2D eigenvalue weighted by Gasteiger charge is 2.33. The number of aliphatic carboxylic acids is 1. The summed E-state index contributed by atoms with van der Waals surface area (Å²) in [6.07, 6.45) is 5.57. The lowest BCUT2D eigenvalue weighted by Gasteiger charge is -2.35. The van der Waals surface area contributed by atoms with Gasteiger partial charge in [-0.2, -0.15) is 0 Å². The van der Waals surface area contributed by atoms with Gasteiger partial charge in [-0.05, 0) is 31.6 Å². The van der Waals surface area contributed by atoms with Crippen LogP contribution in [0.2, 0.25) is 0 Å². The van der Waals surface area contributed by atoms with Crippen LogP contribution < -0.4 is 5.32 Å². The molecular weight excluding hydrogens is 272 g/mol. The number of rotatable bonds is 4. The molecule has 2 fully saturated rings. The zero-order chi connectivity index (χ0) is 15.4. The second-order valence-corrected chi connectivity index (χ2v) is 6.51. The van der Waals surface area contributed by atoms with Gasteiger partial charge in [-0.15, -0.1) is 0 Å². The Kier molecular flexibility index (Phi) is 5.45. The van der Waals surface area contributed by atoms with Crippen LogP contribution in [0, 0.1) is 11.8 Å². The van der Waals surface area contributed by atoms with Gasteiger partial charge >= 0.3 is 12.0 Å². The average molecular weight is 298 g/mol. The van der Waals surface area contributed by atoms with Crippen molar-refractivity contribution in [3.8, 4) is 0 Å². The van der Waals surface area contributed by atoms with Crippen LogP contribution in [0.4, 0.5) is 4.79 Å². The molecule has 0 aromatic rings. The number of nitrogens with zero attached hydrogens (tertiary/aromatic N) is 1. The molecule has 0 radical (unpaired) electrons. The summed E-state index contributed by atoms with van der Waals surface area (Å²) >= 11 is 0. The van der Waals surface area contributed by atoms with Crippen LogP contribution in [-0.4, -0.2) is 52.9 Å². The molecule has 2 unspecified atom stereocenters. The van der Waals surface area contributed by atoms with Crippen molar-refractivity contribution in [1.29, 1.82) is 0 Å². The molecule has 2 rings (SSSR count). The summed E-state index contributed by atoms with van der Waals surface area (Å²) in [6.45, 7) is 0.618. The Balaban J connectivity index is 1.85. The Morgan fingerprint density at radius 1 is 1.19 bits per heavy atom. The number of hydrogen-bond acceptors (Lipinski definition) is 3. The zero-order valence-corrected chi connectivity index (χ0v) is 12.6. The Bertz CT molecular complexity index is 382. The quantitative estimate of drug-likeness (QED) is 0.685. The van der Waals surface area contributed by atoms with Gasteiger partial charge in [0, 0.05) is 19.6 Å². The number of carbonyl (C=O) groups is 2. The van der Waals surface area contributed by atoms with E-state index in [-0.39, 0.29) is 18.2 Å². The maximum Gasteiger partial charge on any atom is 0.317 e. The SMILES string of the molecule is CN(CC1CC(O)C1)C(=O)NC1CCCCCC1C(=O)O. The number of aliphatic hydroxyl groups is 1. The van der Waals surface area contributed by atoms with Crippen LogP contribution in [0.25, 0.3) is 0 Å². The van der Waals surface area contributed by atoms with E-state index in [4.69, 9.17) is 0 Å². The smallest absolute Gasteiger partial charge is 0.317 e. The summed E-state index contributed by atoms with van der Waals surface area (Å²) in [7, 11) is 1.73. The highest BCUT2D eigenvalue weighted by Crippen LogP contribution is 2.28. The first-order valence-corrected chi connectivity index (χ1v) is 7.90. The molecule has 0 saturated heterocycles. The third-order valence-electron chi connectivity index (χ3n) is 4.73. The molecule has 0 aliphatic heterocycles. The predicted molar refractivity (Wildman–Crippen MR) is 77.9 cm³/mol. The van der Waals surface area contributed by atoms with Crippen molar-refractivity contribution in [3.05, 3.63) is 0 Å². The summed E-state index contributed by atoms with van der Waals surface area (Å²) in [5, 5.41) is 21.5. The highest BCUT2D eigenvalue weighted by atomic mass is 16.4. The largest absolute Gasteiger partial charge is 0.481 e. The highest BCUT2D eigenvalue weighted by molar-refractivity contribution is 5.76. The summed E-state index contributed by atoms with van der Waals surface area (Å²) in [5.74, 6) is -0.928. The van der Waals surface area contributed by atoms with E-state index in [1.807, 2.05) is 0 Å². The third kappa shape index (κ3) is 4.33. The second kappa shape index (κ2) is 7.11. The van der Waals surface area contributed by atoms with E-state index >= 15 is 0 Å². The van der Waals surface area contributed by atoms with Crippen LogP contribution in [-0.2, 0) is 4.79 Å². The second-order valence-electron chi connectivity index (χ2n) is 6.51. The van der Waals surface area contributed by atoms with Crippen LogP contribution in [0.15, 0.2) is 0 Å². The van der Waals surface area contributed by atoms with Crippen molar-refractivity contribution in [2.24, 2.45) is 11.8 Å². The molecular formula is C15H26N2O4. The van der Waals surface area contributed by atoms with Gasteiger partial charge < -0.3 is 20.4 Å². The van der Waals surface area contributed by atoms with E-state index < -0.39 is 11.9 Å². The van der Waals surface area contributed by atoms with E-state index in [9.17, 15) is 19.8 Å². The molecule has 2 saturated carbocycles. The summed E-state index contributed by atoms with van der Waals surface area (Å²) in [4.78, 5) is 25.2. The average Bonchev–Trinajstić information content (AvgIpc) is 2.62. The Labute approximate surface area is 125 Å². The summed E-state index contributed by atoms with van der Waals surface area (Å²) < 4.78 is 0. The molecule has 2 atom stereocenters. The van der Waals surface area contributed by atoms with Crippen LogP contribution >= 0.6 is 0 Å². The fraction of sp³-hybridized carbons (Fsp3) is 0.867. The van der Waals surface area contributed by atoms with Gasteiger partial charge in [0.05, 0.1) is 12.0 Å². The van der Waals surface area contributed by atoms with Gasteiger partial charge in [-0.1, -0.05) is 19.3 Å². The van der Waals surface area contributed by atoms with E-state index in [0.717, 1.165) is 38.5 Å². The maximum absolute atomic E-state index is 12.2. The number of carboxylic acid groups (broad SMARTS) is 1. The van der Waals surface area contributed by atoms with E-state index in [2.05, 4.69) is 5.32 Å². The minimum Gasteiger partial charge on any atom is -0.481 e. The number of urea groups is 1. The summed E-state index contributed by atoms with van der Waals surface area (Å²) in [6, 6.07) is -0.471. The van der Waals surface area contributed by atoms with Crippen LogP contribution in [0.5, 0.6) is 0 Å². The summed E-state index contributed by atoms with van der Waals surface area (Å²) in [5.41, 5.74) is 0. The predicted octanol–water partition coefficient (Wildman–Crippen LogP) is 1.43. The normalized spacial score (nSPS) is 32.7. The van der Waals surface area contributed by atoms with Gasteiger partial charge in [0.25, 0.3) is 0 Å². The zero-order valence-electron chi connectivity index (χ0n) is 12.6. The fourth-order valence-electron chi connectivity index (χ4n) is 3.36. The van der Waals surface area contributed by atoms with Crippen LogP contribution in [0.3, 0.4) is 0 Å². The van der Waals surface area contributed by atoms with Crippen LogP contribution in [0.1, 0.15) is 44.9 Å². The van der Waals surface area contributed by atoms with Gasteiger partial charge in [0.15, 0.2) is 0 Å². The molecule has 0 aromatic heterocycles. The molecule has 0 spiro atoms. The van der Waals surface area contributed by atoms with Gasteiger partial charge in [-0.25, -0.2) is 4.79 Å². The van der Waals surface area contributed by atoms with Crippen molar-refractivity contribution < 1.29 is 19.8 Å². The van der Waals surface area contributed by atoms with Crippen molar-refractivity contribution in [3.63, 3.8) is 0 Å². The molecule has 6 nitrogen and oxygen atoms in total. The first-order chi connectivity index (χ1) is 9.97. The fourth-order valence-corrected chi connectivity index (χ4v) is 3.36. The van der Waals surface area contributed by atoms with Gasteiger partial charge in [-0.3, -0.25) is 4.79 Å². The standard InChI is InChI=1S/C15H26N2O4/c1-17(9-10-7-11(18)8-10)15(21)16-13-6-4-2-3-5-12(13)14(19)20/h10-13,18H,2-9H2,1H3,(H,16,21)(H,19,20). The first kappa shape index (κ1) is 16.1. The Morgan fingerprint density at radius 2 is 1.86 bits per heavy atom. The lowest BCUT2D eigenvalue weighted by atomic mass is 9.82. The Hall–Kier alpha value is -1.30. The number of amides is 2. The van der Waals surface area contributed by atoms with Gasteiger partial charge in [0.1, 0.15) is 0 Å². The lowest BCUT2D eigenvalue weighted by Crippen LogP contribution is -2.49. The van der Waals surface area contributed by atoms with Crippen molar-refractivity contribution in [2.45, 2.75) is 57.1 Å². The monoisotopic (exact) mass is 298 g/mol. The molecule has 0 heterocycles. The number of nitrogens with one attached hydrogen (secondary N) is 1. The topological polar surface area (TPSA) is 89.9 Å². The number of hydrogen-bond donors (Lipinski definition) is 3. The van der Waals surface area contributed by atoms with E-state index in [0.29, 0.717) is 18.9 Å². The molecule has 2 amide bonds. The van der Waals surface area contributed by atoms with E-state index in [1.165, 1.54) is 0 Å². The third-order valence-corrected chi connectivity index (χ3v) is 4.73. The molecule has 3 N–H and O–H groups in total. The first-order valence-electron chi connectivity index (χ1n) is 7.90. The van der Waals surface area contributed by atoms with Crippen molar-refractivity contribution in [2.75, 3.05) is 13.6 Å². The van der Waals surface area contributed by atoms with Gasteiger partial charge in [0.2, 0.25) is 0 Å². The van der Waals surface area contributed by atoms with Crippen molar-refractivity contribution in [1.82, 2.24) is 10.2 Å². The molecule has 2 aliphatic carbocycles. The minimum atomic E-state index is -0.813. The maximum atomic E-state index is 12.2. The molecule has 120 valence electrons. The molecule has 0 aromatic carbocycles. The van der Waals surface area contributed by atoms with Crippen molar-refractivity contribution >= 4 is 12.0 Å². The lowest BCUT2D eigenvalue weighted by molar-refractivity contribution is -0.142.